The molecule has 0 bridgehead atoms. The molecule has 0 amide bonds. The summed E-state index contributed by atoms with van der Waals surface area (Å²) >= 11 is 0. The number of aromatic nitrogens is 3. The maximum atomic E-state index is 13.1. The van der Waals surface area contributed by atoms with Crippen LogP contribution in [0.2, 0.25) is 0 Å². The Balaban J connectivity index is 1.17. The number of aryl methyl sites for hydroxylation is 1. The molecule has 2 N–H and O–H groups in total. The maximum absolute atomic E-state index is 13.1. The summed E-state index contributed by atoms with van der Waals surface area (Å²) in [6.45, 7) is 6.89. The Bertz CT molecular complexity index is 892. The van der Waals surface area contributed by atoms with Crippen molar-refractivity contribution >= 4 is 11.6 Å². The van der Waals surface area contributed by atoms with Crippen LogP contribution in [0.15, 0.2) is 29.3 Å². The predicted octanol–water partition coefficient (Wildman–Crippen LogP) is 0.866. The smallest absolute Gasteiger partial charge is 0.191 e. The van der Waals surface area contributed by atoms with Gasteiger partial charge in [-0.15, -0.1) is 0 Å². The molecule has 1 aromatic heterocycles. The highest BCUT2D eigenvalue weighted by molar-refractivity contribution is 5.79. The van der Waals surface area contributed by atoms with E-state index in [9.17, 15) is 4.39 Å². The van der Waals surface area contributed by atoms with E-state index in [1.807, 2.05) is 16.8 Å². The van der Waals surface area contributed by atoms with Gasteiger partial charge in [0, 0.05) is 71.6 Å². The number of piperazine rings is 1. The lowest BCUT2D eigenvalue weighted by Crippen LogP contribution is -2.51. The fraction of sp³-hybridized carbons (Fsp3) is 0.591. The molecule has 174 valence electrons. The molecular formula is C22H33FN8O. The molecule has 0 radical (unpaired) electrons. The number of anilines is 1. The summed E-state index contributed by atoms with van der Waals surface area (Å²) < 4.78 is 20.2. The number of hydrogen-bond donors (Lipinski definition) is 2. The number of rotatable bonds is 7. The normalized spacial score (nSPS) is 19.7. The Labute approximate surface area is 188 Å². The lowest BCUT2D eigenvalue weighted by atomic mass is 10.1. The summed E-state index contributed by atoms with van der Waals surface area (Å²) in [4.78, 5) is 13.7. The molecule has 1 saturated heterocycles. The van der Waals surface area contributed by atoms with E-state index in [-0.39, 0.29) is 11.9 Å². The molecule has 0 spiro atoms. The largest absolute Gasteiger partial charge is 0.377 e. The number of benzene rings is 1. The summed E-state index contributed by atoms with van der Waals surface area (Å²) in [6.07, 6.45) is 1.89. The van der Waals surface area contributed by atoms with Crippen molar-refractivity contribution in [3.05, 3.63) is 41.7 Å². The van der Waals surface area contributed by atoms with E-state index in [1.54, 1.807) is 14.2 Å². The lowest BCUT2D eigenvalue weighted by Gasteiger charge is -2.36. The SMILES string of the molecule is CN=C(NCCN1CCN(c2ccc(F)cc2)CC1)NC1CCc2nc(COC)nn2C1. The molecule has 9 nitrogen and oxygen atoms in total. The second kappa shape index (κ2) is 10.7. The van der Waals surface area contributed by atoms with Crippen LogP contribution in [0.5, 0.6) is 0 Å². The Kier molecular flexibility index (Phi) is 7.54. The lowest BCUT2D eigenvalue weighted by molar-refractivity contribution is 0.177. The number of aliphatic imine (C=N–C) groups is 1. The van der Waals surface area contributed by atoms with Gasteiger partial charge in [0.15, 0.2) is 11.8 Å². The average molecular weight is 445 g/mol. The highest BCUT2D eigenvalue weighted by atomic mass is 19.1. The van der Waals surface area contributed by atoms with Gasteiger partial charge in [-0.25, -0.2) is 14.1 Å². The molecule has 2 aliphatic rings. The number of halogens is 1. The van der Waals surface area contributed by atoms with Crippen LogP contribution in [-0.4, -0.2) is 85.1 Å². The monoisotopic (exact) mass is 444 g/mol. The second-order valence-electron chi connectivity index (χ2n) is 8.24. The van der Waals surface area contributed by atoms with Gasteiger partial charge in [0.1, 0.15) is 18.2 Å². The van der Waals surface area contributed by atoms with Crippen molar-refractivity contribution in [2.75, 3.05) is 58.3 Å². The summed E-state index contributed by atoms with van der Waals surface area (Å²) in [5, 5.41) is 11.5. The number of fused-ring (bicyclic) bond motifs is 1. The number of ether oxygens (including phenoxy) is 1. The molecule has 3 heterocycles. The van der Waals surface area contributed by atoms with Crippen LogP contribution in [0.3, 0.4) is 0 Å². The first-order valence-corrected chi connectivity index (χ1v) is 11.3. The van der Waals surface area contributed by atoms with Gasteiger partial charge < -0.3 is 20.3 Å². The van der Waals surface area contributed by atoms with E-state index in [2.05, 4.69) is 35.5 Å². The molecule has 2 aliphatic heterocycles. The number of hydrogen-bond acceptors (Lipinski definition) is 6. The molecular weight excluding hydrogens is 411 g/mol. The van der Waals surface area contributed by atoms with Crippen LogP contribution in [0.1, 0.15) is 18.1 Å². The molecule has 1 atom stereocenters. The summed E-state index contributed by atoms with van der Waals surface area (Å²) in [6, 6.07) is 7.03. The van der Waals surface area contributed by atoms with Gasteiger partial charge in [0.25, 0.3) is 0 Å². The highest BCUT2D eigenvalue weighted by Crippen LogP contribution is 2.17. The zero-order chi connectivity index (χ0) is 22.3. The number of nitrogens with zero attached hydrogens (tertiary/aromatic N) is 6. The van der Waals surface area contributed by atoms with Gasteiger partial charge in [-0.3, -0.25) is 9.89 Å². The van der Waals surface area contributed by atoms with E-state index in [0.717, 1.165) is 82.0 Å². The average Bonchev–Trinajstić information content (AvgIpc) is 3.21. The quantitative estimate of drug-likeness (QED) is 0.484. The van der Waals surface area contributed by atoms with Gasteiger partial charge in [-0.2, -0.15) is 5.10 Å². The zero-order valence-electron chi connectivity index (χ0n) is 18.9. The Morgan fingerprint density at radius 3 is 2.72 bits per heavy atom. The highest BCUT2D eigenvalue weighted by Gasteiger charge is 2.22. The van der Waals surface area contributed by atoms with Gasteiger partial charge in [-0.05, 0) is 30.7 Å². The van der Waals surface area contributed by atoms with Crippen LogP contribution in [0.4, 0.5) is 10.1 Å². The van der Waals surface area contributed by atoms with Crippen LogP contribution >= 0.6 is 0 Å². The fourth-order valence-corrected chi connectivity index (χ4v) is 4.27. The molecule has 1 aromatic carbocycles. The summed E-state index contributed by atoms with van der Waals surface area (Å²) in [5.74, 6) is 2.40. The molecule has 1 unspecified atom stereocenters. The second-order valence-corrected chi connectivity index (χ2v) is 8.24. The first-order chi connectivity index (χ1) is 15.6. The van der Waals surface area contributed by atoms with Crippen LogP contribution in [0, 0.1) is 5.82 Å². The fourth-order valence-electron chi connectivity index (χ4n) is 4.27. The topological polar surface area (TPSA) is 82.8 Å². The van der Waals surface area contributed by atoms with Gasteiger partial charge in [0.05, 0.1) is 6.54 Å². The van der Waals surface area contributed by atoms with E-state index in [4.69, 9.17) is 4.74 Å². The van der Waals surface area contributed by atoms with Crippen LogP contribution in [-0.2, 0) is 24.3 Å². The molecule has 10 heteroatoms. The van der Waals surface area contributed by atoms with Gasteiger partial charge >= 0.3 is 0 Å². The third kappa shape index (κ3) is 5.74. The first kappa shape index (κ1) is 22.5. The zero-order valence-corrected chi connectivity index (χ0v) is 18.9. The predicted molar refractivity (Wildman–Crippen MR) is 122 cm³/mol. The van der Waals surface area contributed by atoms with Crippen molar-refractivity contribution in [2.45, 2.75) is 32.0 Å². The van der Waals surface area contributed by atoms with Crippen molar-refractivity contribution in [1.82, 2.24) is 30.3 Å². The van der Waals surface area contributed by atoms with Gasteiger partial charge in [-0.1, -0.05) is 0 Å². The van der Waals surface area contributed by atoms with E-state index in [1.165, 1.54) is 12.1 Å². The minimum Gasteiger partial charge on any atom is -0.377 e. The van der Waals surface area contributed by atoms with Crippen LogP contribution in [0.25, 0.3) is 0 Å². The molecule has 1 fully saturated rings. The summed E-state index contributed by atoms with van der Waals surface area (Å²) in [7, 11) is 3.46. The Morgan fingerprint density at radius 2 is 2.00 bits per heavy atom. The first-order valence-electron chi connectivity index (χ1n) is 11.3. The maximum Gasteiger partial charge on any atom is 0.191 e. The number of methoxy groups -OCH3 is 1. The number of guanidine groups is 1. The molecule has 0 saturated carbocycles. The van der Waals surface area contributed by atoms with Crippen molar-refractivity contribution in [3.63, 3.8) is 0 Å². The third-order valence-corrected chi connectivity index (χ3v) is 6.02. The minimum absolute atomic E-state index is 0.189. The number of nitrogens with one attached hydrogen (secondary N) is 2. The van der Waals surface area contributed by atoms with Crippen LogP contribution < -0.4 is 15.5 Å². The third-order valence-electron chi connectivity index (χ3n) is 6.02. The van der Waals surface area contributed by atoms with Crippen molar-refractivity contribution in [2.24, 2.45) is 4.99 Å². The van der Waals surface area contributed by atoms with Gasteiger partial charge in [0.2, 0.25) is 0 Å². The van der Waals surface area contributed by atoms with E-state index in [0.29, 0.717) is 6.61 Å². The van der Waals surface area contributed by atoms with Crippen molar-refractivity contribution in [3.8, 4) is 0 Å². The summed E-state index contributed by atoms with van der Waals surface area (Å²) in [5.41, 5.74) is 1.09. The van der Waals surface area contributed by atoms with Crippen molar-refractivity contribution in [1.29, 1.82) is 0 Å². The molecule has 32 heavy (non-hydrogen) atoms. The Morgan fingerprint density at radius 1 is 1.22 bits per heavy atom. The standard InChI is InChI=1S/C22H33FN8O/c1-24-22(26-18-5-8-21-27-20(16-32-2)28-31(21)15-18)25-9-10-29-11-13-30(14-12-29)19-6-3-17(23)4-7-19/h3-4,6-7,18H,5,8-16H2,1-2H3,(H2,24,25,26). The van der Waals surface area contributed by atoms with E-state index >= 15 is 0 Å². The molecule has 2 aromatic rings. The van der Waals surface area contributed by atoms with Crippen molar-refractivity contribution < 1.29 is 9.13 Å². The van der Waals surface area contributed by atoms with E-state index < -0.39 is 0 Å². The molecule has 0 aliphatic carbocycles. The minimum atomic E-state index is -0.189. The Hall–Kier alpha value is -2.72. The molecule has 4 rings (SSSR count).